The van der Waals surface area contributed by atoms with Gasteiger partial charge in [0.15, 0.2) is 0 Å². The second kappa shape index (κ2) is 5.56. The number of rotatable bonds is 3. The quantitative estimate of drug-likeness (QED) is 0.830. The van der Waals surface area contributed by atoms with Crippen molar-refractivity contribution in [2.75, 3.05) is 11.4 Å². The van der Waals surface area contributed by atoms with Gasteiger partial charge in [-0.2, -0.15) is 5.26 Å². The van der Waals surface area contributed by atoms with Crippen LogP contribution in [-0.4, -0.2) is 15.5 Å². The third-order valence-electron chi connectivity index (χ3n) is 2.84. The van der Waals surface area contributed by atoms with E-state index in [-0.39, 0.29) is 0 Å². The molecule has 0 radical (unpaired) electrons. The van der Waals surface area contributed by atoms with Crippen LogP contribution in [0.3, 0.4) is 0 Å². The number of benzene rings is 1. The van der Waals surface area contributed by atoms with Crippen LogP contribution in [0.2, 0.25) is 0 Å². The van der Waals surface area contributed by atoms with Crippen LogP contribution >= 0.6 is 27.3 Å². The van der Waals surface area contributed by atoms with Crippen molar-refractivity contribution in [2.24, 2.45) is 0 Å². The van der Waals surface area contributed by atoms with Crippen molar-refractivity contribution >= 4 is 43.0 Å². The Kier molecular flexibility index (Phi) is 4.18. The molecule has 0 bridgehead atoms. The molecule has 0 aliphatic rings. The summed E-state index contributed by atoms with van der Waals surface area (Å²) in [6.45, 7) is 1.77. The molecular formula is C13H11BrN2O2S2. The molecule has 0 atom stereocenters. The SMILES string of the molecule is Cc1sc(Br)cc1S(=O)(=O)N(C)c1ccc(C#N)cc1. The minimum absolute atomic E-state index is 0.293. The molecule has 0 amide bonds. The fourth-order valence-corrected chi connectivity index (χ4v) is 5.30. The maximum Gasteiger partial charge on any atom is 0.265 e. The van der Waals surface area contributed by atoms with Crippen molar-refractivity contribution < 1.29 is 8.42 Å². The molecule has 0 aliphatic heterocycles. The molecule has 1 aromatic carbocycles. The molecule has 1 aromatic heterocycles. The molecule has 1 heterocycles. The average molecular weight is 371 g/mol. The van der Waals surface area contributed by atoms with Gasteiger partial charge in [0.1, 0.15) is 4.90 Å². The molecule has 0 saturated carbocycles. The fraction of sp³-hybridized carbons (Fsp3) is 0.154. The van der Waals surface area contributed by atoms with Crippen molar-refractivity contribution in [3.05, 3.63) is 44.6 Å². The second-order valence-corrected chi connectivity index (χ2v) is 8.68. The summed E-state index contributed by atoms with van der Waals surface area (Å²) in [7, 11) is -2.09. The summed E-state index contributed by atoms with van der Waals surface area (Å²) in [5, 5.41) is 8.76. The van der Waals surface area contributed by atoms with Gasteiger partial charge in [-0.15, -0.1) is 11.3 Å². The number of nitrogens with zero attached hydrogens (tertiary/aromatic N) is 2. The molecule has 4 nitrogen and oxygen atoms in total. The Morgan fingerprint density at radius 3 is 2.35 bits per heavy atom. The minimum Gasteiger partial charge on any atom is -0.269 e. The van der Waals surface area contributed by atoms with Crippen LogP contribution in [0.4, 0.5) is 5.69 Å². The third kappa shape index (κ3) is 2.73. The molecule has 2 aromatic rings. The van der Waals surface area contributed by atoms with E-state index in [1.165, 1.54) is 22.7 Å². The van der Waals surface area contributed by atoms with Crippen LogP contribution in [0.1, 0.15) is 10.4 Å². The molecule has 0 unspecified atom stereocenters. The maximum atomic E-state index is 12.6. The van der Waals surface area contributed by atoms with Crippen LogP contribution in [-0.2, 0) is 10.0 Å². The van der Waals surface area contributed by atoms with E-state index < -0.39 is 10.0 Å². The van der Waals surface area contributed by atoms with Crippen molar-refractivity contribution in [3.63, 3.8) is 0 Å². The Labute approximate surface area is 130 Å². The molecule has 20 heavy (non-hydrogen) atoms. The standard InChI is InChI=1S/C13H11BrN2O2S2/c1-9-12(7-13(14)19-9)20(17,18)16(2)11-5-3-10(8-15)4-6-11/h3-7H,1-2H3. The van der Waals surface area contributed by atoms with Crippen LogP contribution < -0.4 is 4.31 Å². The predicted molar refractivity (Wildman–Crippen MR) is 83.5 cm³/mol. The number of anilines is 1. The number of sulfonamides is 1. The number of thiophene rings is 1. The zero-order valence-corrected chi connectivity index (χ0v) is 14.0. The van der Waals surface area contributed by atoms with Gasteiger partial charge < -0.3 is 0 Å². The second-order valence-electron chi connectivity index (χ2n) is 4.10. The van der Waals surface area contributed by atoms with Gasteiger partial charge in [0.05, 0.1) is 21.1 Å². The lowest BCUT2D eigenvalue weighted by atomic mass is 10.2. The topological polar surface area (TPSA) is 61.2 Å². The zero-order valence-electron chi connectivity index (χ0n) is 10.8. The largest absolute Gasteiger partial charge is 0.269 e. The van der Waals surface area contributed by atoms with Crippen molar-refractivity contribution in [1.82, 2.24) is 0 Å². The number of halogens is 1. The van der Waals surface area contributed by atoms with E-state index in [0.29, 0.717) is 16.1 Å². The highest BCUT2D eigenvalue weighted by atomic mass is 79.9. The van der Waals surface area contributed by atoms with Gasteiger partial charge >= 0.3 is 0 Å². The van der Waals surface area contributed by atoms with E-state index in [9.17, 15) is 8.42 Å². The van der Waals surface area contributed by atoms with E-state index in [1.54, 1.807) is 37.3 Å². The number of aryl methyl sites for hydroxylation is 1. The molecule has 0 aliphatic carbocycles. The van der Waals surface area contributed by atoms with Crippen LogP contribution in [0.5, 0.6) is 0 Å². The Hall–Kier alpha value is -1.36. The molecule has 104 valence electrons. The van der Waals surface area contributed by atoms with E-state index in [0.717, 1.165) is 8.66 Å². The molecule has 0 N–H and O–H groups in total. The van der Waals surface area contributed by atoms with Gasteiger partial charge in [-0.25, -0.2) is 8.42 Å². The number of nitriles is 1. The summed E-state index contributed by atoms with van der Waals surface area (Å²) in [5.41, 5.74) is 1.01. The van der Waals surface area contributed by atoms with Crippen molar-refractivity contribution in [2.45, 2.75) is 11.8 Å². The first-order valence-corrected chi connectivity index (χ1v) is 8.66. The van der Waals surface area contributed by atoms with Crippen LogP contribution in [0.25, 0.3) is 0 Å². The van der Waals surface area contributed by atoms with E-state index in [2.05, 4.69) is 15.9 Å². The van der Waals surface area contributed by atoms with E-state index >= 15 is 0 Å². The Morgan fingerprint density at radius 2 is 1.90 bits per heavy atom. The predicted octanol–water partition coefficient (Wildman–Crippen LogP) is 3.52. The van der Waals surface area contributed by atoms with Gasteiger partial charge in [-0.05, 0) is 53.2 Å². The molecule has 2 rings (SSSR count). The Morgan fingerprint density at radius 1 is 1.30 bits per heavy atom. The summed E-state index contributed by atoms with van der Waals surface area (Å²) in [5.74, 6) is 0. The monoisotopic (exact) mass is 370 g/mol. The highest BCUT2D eigenvalue weighted by molar-refractivity contribution is 9.11. The highest BCUT2D eigenvalue weighted by Gasteiger charge is 2.25. The maximum absolute atomic E-state index is 12.6. The normalized spacial score (nSPS) is 11.1. The molecule has 0 fully saturated rings. The Balaban J connectivity index is 2.43. The number of hydrogen-bond acceptors (Lipinski definition) is 4. The molecular weight excluding hydrogens is 360 g/mol. The summed E-state index contributed by atoms with van der Waals surface area (Å²) < 4.78 is 27.1. The van der Waals surface area contributed by atoms with Crippen molar-refractivity contribution in [1.29, 1.82) is 5.26 Å². The first kappa shape index (κ1) is 15.0. The van der Waals surface area contributed by atoms with Crippen molar-refractivity contribution in [3.8, 4) is 6.07 Å². The zero-order chi connectivity index (χ0) is 14.9. The van der Waals surface area contributed by atoms with E-state index in [4.69, 9.17) is 5.26 Å². The fourth-order valence-electron chi connectivity index (χ4n) is 1.72. The summed E-state index contributed by atoms with van der Waals surface area (Å²) in [4.78, 5) is 1.03. The van der Waals surface area contributed by atoms with E-state index in [1.807, 2.05) is 6.07 Å². The molecule has 0 spiro atoms. The summed E-state index contributed by atoms with van der Waals surface area (Å²) in [6.07, 6.45) is 0. The lowest BCUT2D eigenvalue weighted by molar-refractivity contribution is 0.594. The smallest absolute Gasteiger partial charge is 0.265 e. The Bertz CT molecular complexity index is 774. The lowest BCUT2D eigenvalue weighted by Gasteiger charge is -2.19. The average Bonchev–Trinajstić information content (AvgIpc) is 2.77. The van der Waals surface area contributed by atoms with Gasteiger partial charge in [0.25, 0.3) is 10.0 Å². The molecule has 7 heteroatoms. The van der Waals surface area contributed by atoms with Crippen LogP contribution in [0, 0.1) is 18.3 Å². The number of hydrogen-bond donors (Lipinski definition) is 0. The highest BCUT2D eigenvalue weighted by Crippen LogP contribution is 2.32. The third-order valence-corrected chi connectivity index (χ3v) is 6.44. The first-order valence-electron chi connectivity index (χ1n) is 5.61. The van der Waals surface area contributed by atoms with Gasteiger partial charge in [0, 0.05) is 11.9 Å². The summed E-state index contributed by atoms with van der Waals surface area (Å²) in [6, 6.07) is 10.0. The lowest BCUT2D eigenvalue weighted by Crippen LogP contribution is -2.26. The van der Waals surface area contributed by atoms with Gasteiger partial charge in [0.2, 0.25) is 0 Å². The van der Waals surface area contributed by atoms with Gasteiger partial charge in [-0.1, -0.05) is 0 Å². The summed E-state index contributed by atoms with van der Waals surface area (Å²) >= 11 is 4.68. The van der Waals surface area contributed by atoms with Crippen LogP contribution in [0.15, 0.2) is 39.0 Å². The first-order chi connectivity index (χ1) is 9.36. The minimum atomic E-state index is -3.59. The molecule has 0 saturated heterocycles. The van der Waals surface area contributed by atoms with Gasteiger partial charge in [-0.3, -0.25) is 4.31 Å².